The molecule has 0 radical (unpaired) electrons. The first kappa shape index (κ1) is 28.9. The van der Waals surface area contributed by atoms with E-state index >= 15 is 0 Å². The monoisotopic (exact) mass is 448 g/mol. The smallest absolute Gasteiger partial charge is 0.251 e. The zero-order chi connectivity index (χ0) is 25.1. The second kappa shape index (κ2) is 17.6. The Labute approximate surface area is 195 Å². The number of allylic oxidation sites excluding steroid dienone is 4. The normalized spacial score (nSPS) is 12.9. The molecule has 0 spiro atoms. The Bertz CT molecular complexity index is 938. The summed E-state index contributed by atoms with van der Waals surface area (Å²) in [5.74, 6) is -0.181. The summed E-state index contributed by atoms with van der Waals surface area (Å²) in [4.78, 5) is 21.8. The number of amides is 2. The molecule has 8 heteroatoms. The minimum Gasteiger partial charge on any atom is -0.349 e. The van der Waals surface area contributed by atoms with Crippen LogP contribution in [-0.4, -0.2) is 43.4 Å². The predicted molar refractivity (Wildman–Crippen MR) is 134 cm³/mol. The maximum atomic E-state index is 12.5. The van der Waals surface area contributed by atoms with Crippen LogP contribution < -0.4 is 16.4 Å². The Morgan fingerprint density at radius 2 is 2.03 bits per heavy atom. The number of hydrogen-bond acceptors (Lipinski definition) is 6. The van der Waals surface area contributed by atoms with Gasteiger partial charge in [0.15, 0.2) is 0 Å². The van der Waals surface area contributed by atoms with E-state index in [0.717, 1.165) is 11.1 Å². The van der Waals surface area contributed by atoms with Crippen LogP contribution in [0.3, 0.4) is 0 Å². The largest absolute Gasteiger partial charge is 0.349 e. The summed E-state index contributed by atoms with van der Waals surface area (Å²) < 4.78 is 0. The highest BCUT2D eigenvalue weighted by Gasteiger charge is 2.11. The molecule has 0 aliphatic carbocycles. The number of carbonyl (C=O) groups excluding carboxylic acids is 2. The fourth-order valence-corrected chi connectivity index (χ4v) is 2.58. The van der Waals surface area contributed by atoms with Crippen molar-refractivity contribution in [3.63, 3.8) is 0 Å². The van der Waals surface area contributed by atoms with Crippen LogP contribution in [0, 0.1) is 22.1 Å². The summed E-state index contributed by atoms with van der Waals surface area (Å²) >= 11 is 0. The van der Waals surface area contributed by atoms with Crippen LogP contribution in [0.2, 0.25) is 0 Å². The van der Waals surface area contributed by atoms with E-state index in [4.69, 9.17) is 21.8 Å². The molecule has 2 atom stereocenters. The van der Waals surface area contributed by atoms with E-state index in [0.29, 0.717) is 24.0 Å². The summed E-state index contributed by atoms with van der Waals surface area (Å²) in [5.41, 5.74) is 8.79. The van der Waals surface area contributed by atoms with E-state index in [-0.39, 0.29) is 24.5 Å². The maximum absolute atomic E-state index is 12.5. The second-order valence-corrected chi connectivity index (χ2v) is 6.94. The van der Waals surface area contributed by atoms with Gasteiger partial charge in [-0.25, -0.2) is 0 Å². The van der Waals surface area contributed by atoms with E-state index in [1.807, 2.05) is 38.1 Å². The molecule has 8 nitrogen and oxygen atoms in total. The molecule has 1 rings (SSSR count). The molecule has 2 amide bonds. The molecule has 174 valence electrons. The number of benzene rings is 1. The summed E-state index contributed by atoms with van der Waals surface area (Å²) in [5, 5.41) is 27.5. The molecule has 1 aromatic rings. The average Bonchev–Trinajstić information content (AvgIpc) is 2.79. The molecule has 0 aliphatic heterocycles. The lowest BCUT2D eigenvalue weighted by atomic mass is 10.00. The van der Waals surface area contributed by atoms with Gasteiger partial charge in [0, 0.05) is 35.7 Å². The van der Waals surface area contributed by atoms with Crippen LogP contribution in [0.15, 0.2) is 66.8 Å². The molecule has 1 aromatic carbocycles. The third-order valence-electron chi connectivity index (χ3n) is 4.00. The van der Waals surface area contributed by atoms with Gasteiger partial charge in [0.1, 0.15) is 6.54 Å². The summed E-state index contributed by atoms with van der Waals surface area (Å²) in [6.07, 6.45) is 11.8. The lowest BCUT2D eigenvalue weighted by molar-refractivity contribution is -0.117. The quantitative estimate of drug-likeness (QED) is 0.0832. The Morgan fingerprint density at radius 1 is 1.30 bits per heavy atom. The zero-order valence-corrected chi connectivity index (χ0v) is 19.0. The van der Waals surface area contributed by atoms with Crippen molar-refractivity contribution in [1.82, 2.24) is 10.6 Å². The van der Waals surface area contributed by atoms with Gasteiger partial charge in [-0.3, -0.25) is 9.59 Å². The molecule has 0 fully saturated rings. The van der Waals surface area contributed by atoms with Crippen molar-refractivity contribution in [3.8, 4) is 6.07 Å². The molecular weight excluding hydrogens is 416 g/mol. The molecule has 0 aromatic heterocycles. The lowest BCUT2D eigenvalue weighted by Gasteiger charge is -2.15. The van der Waals surface area contributed by atoms with Gasteiger partial charge in [-0.05, 0) is 37.5 Å². The standard InChI is InChI=1S/C22H28N4O.C3H4N2O/c1-4-6-19(10-9-16(2)25)22(27)26-17(3)13-18-7-5-8-20(14-18)21(15-24)11-12-23;4-1-2-5-3-6/h4-12,14-17,23-24H,1,13,25H2,2-3H3,(H,26,27);3H,2H2,(H,5,6)/b10-9-,19-6+,21-11+,23-12?,24-15?;. The molecule has 2 unspecified atom stereocenters. The Hall–Kier alpha value is -4.09. The first-order valence-electron chi connectivity index (χ1n) is 10.2. The van der Waals surface area contributed by atoms with E-state index in [1.165, 1.54) is 12.4 Å². The van der Waals surface area contributed by atoms with Gasteiger partial charge < -0.3 is 27.2 Å². The maximum Gasteiger partial charge on any atom is 0.251 e. The van der Waals surface area contributed by atoms with Gasteiger partial charge in [0.05, 0.1) is 6.07 Å². The van der Waals surface area contributed by atoms with Crippen LogP contribution in [-0.2, 0) is 16.0 Å². The van der Waals surface area contributed by atoms with Crippen molar-refractivity contribution in [1.29, 1.82) is 16.1 Å². The van der Waals surface area contributed by atoms with Crippen LogP contribution in [0.5, 0.6) is 0 Å². The second-order valence-electron chi connectivity index (χ2n) is 6.94. The molecule has 33 heavy (non-hydrogen) atoms. The van der Waals surface area contributed by atoms with Crippen molar-refractivity contribution in [3.05, 3.63) is 77.9 Å². The third-order valence-corrected chi connectivity index (χ3v) is 4.00. The highest BCUT2D eigenvalue weighted by atomic mass is 16.1. The molecule has 0 heterocycles. The van der Waals surface area contributed by atoms with Crippen LogP contribution in [0.25, 0.3) is 5.57 Å². The third kappa shape index (κ3) is 13.0. The van der Waals surface area contributed by atoms with Crippen LogP contribution in [0.1, 0.15) is 25.0 Å². The number of nitrogens with one attached hydrogen (secondary N) is 4. The molecule has 0 saturated heterocycles. The van der Waals surface area contributed by atoms with Crippen molar-refractivity contribution >= 4 is 30.3 Å². The molecular formula is C25H32N6O2. The molecule has 0 aliphatic rings. The number of nitrogens with two attached hydrogens (primary N) is 1. The molecule has 6 N–H and O–H groups in total. The van der Waals surface area contributed by atoms with Crippen molar-refractivity contribution in [2.24, 2.45) is 5.73 Å². The highest BCUT2D eigenvalue weighted by molar-refractivity contribution is 6.12. The van der Waals surface area contributed by atoms with Crippen LogP contribution >= 0.6 is 0 Å². The predicted octanol–water partition coefficient (Wildman–Crippen LogP) is 2.69. The lowest BCUT2D eigenvalue weighted by Crippen LogP contribution is -2.34. The Balaban J connectivity index is 0.00000150. The summed E-state index contributed by atoms with van der Waals surface area (Å²) in [7, 11) is 0. The first-order chi connectivity index (χ1) is 15.8. The Morgan fingerprint density at radius 3 is 2.55 bits per heavy atom. The minimum atomic E-state index is -0.181. The van der Waals surface area contributed by atoms with E-state index in [9.17, 15) is 9.59 Å². The fraction of sp³-hybridized carbons (Fsp3) is 0.240. The van der Waals surface area contributed by atoms with Gasteiger partial charge in [-0.15, -0.1) is 0 Å². The highest BCUT2D eigenvalue weighted by Crippen LogP contribution is 2.15. The Kier molecular flexibility index (Phi) is 15.4. The fourth-order valence-electron chi connectivity index (χ4n) is 2.58. The number of carbonyl (C=O) groups is 2. The van der Waals surface area contributed by atoms with Gasteiger partial charge in [-0.1, -0.05) is 55.1 Å². The van der Waals surface area contributed by atoms with E-state index in [1.54, 1.807) is 36.4 Å². The van der Waals surface area contributed by atoms with Gasteiger partial charge in [0.2, 0.25) is 6.41 Å². The first-order valence-corrected chi connectivity index (χ1v) is 10.2. The van der Waals surface area contributed by atoms with E-state index < -0.39 is 0 Å². The van der Waals surface area contributed by atoms with Gasteiger partial charge in [0.25, 0.3) is 5.91 Å². The van der Waals surface area contributed by atoms with Gasteiger partial charge in [-0.2, -0.15) is 5.26 Å². The van der Waals surface area contributed by atoms with Crippen molar-refractivity contribution < 1.29 is 9.59 Å². The van der Waals surface area contributed by atoms with Gasteiger partial charge >= 0.3 is 0 Å². The van der Waals surface area contributed by atoms with Crippen molar-refractivity contribution in [2.75, 3.05) is 6.54 Å². The number of nitriles is 1. The number of rotatable bonds is 12. The zero-order valence-electron chi connectivity index (χ0n) is 19.0. The number of hydrogen-bond donors (Lipinski definition) is 5. The van der Waals surface area contributed by atoms with Crippen LogP contribution in [0.4, 0.5) is 0 Å². The topological polar surface area (TPSA) is 156 Å². The summed E-state index contributed by atoms with van der Waals surface area (Å²) in [6, 6.07) is 9.27. The van der Waals surface area contributed by atoms with E-state index in [2.05, 4.69) is 17.2 Å². The number of nitrogens with zero attached hydrogens (tertiary/aromatic N) is 1. The molecule has 0 saturated carbocycles. The minimum absolute atomic E-state index is 0.0835. The summed E-state index contributed by atoms with van der Waals surface area (Å²) in [6.45, 7) is 7.53. The molecule has 0 bridgehead atoms. The SMILES string of the molecule is C=C/C=C(\C=C/C(C)N)C(=O)NC(C)Cc1cccc(/C(C=N)=C/C=N)c1.N#CCNC=O. The van der Waals surface area contributed by atoms with Crippen molar-refractivity contribution in [2.45, 2.75) is 32.4 Å². The average molecular weight is 449 g/mol.